The van der Waals surface area contributed by atoms with Crippen LogP contribution >= 0.6 is 0 Å². The molecule has 1 aliphatic heterocycles. The lowest BCUT2D eigenvalue weighted by molar-refractivity contribution is 0.0848. The second-order valence-corrected chi connectivity index (χ2v) is 4.93. The molecule has 1 unspecified atom stereocenters. The van der Waals surface area contributed by atoms with E-state index in [1.165, 1.54) is 32.5 Å². The molecule has 1 atom stereocenters. The van der Waals surface area contributed by atoms with Crippen molar-refractivity contribution in [3.8, 4) is 0 Å². The summed E-state index contributed by atoms with van der Waals surface area (Å²) < 4.78 is 10.5. The molecule has 102 valence electrons. The smallest absolute Gasteiger partial charge is 0.0593 e. The van der Waals surface area contributed by atoms with Gasteiger partial charge in [0.15, 0.2) is 0 Å². The van der Waals surface area contributed by atoms with Crippen molar-refractivity contribution in [2.75, 3.05) is 60.2 Å². The maximum absolute atomic E-state index is 5.56. The molecule has 1 heterocycles. The molecule has 0 aromatic heterocycles. The molecule has 0 radical (unpaired) electrons. The third-order valence-electron chi connectivity index (χ3n) is 3.22. The number of ether oxygens (including phenoxy) is 2. The number of likely N-dealkylation sites (N-methyl/N-ethyl adjacent to an activating group) is 1. The molecule has 1 rings (SSSR count). The first-order chi connectivity index (χ1) is 8.33. The summed E-state index contributed by atoms with van der Waals surface area (Å²) in [6.07, 6.45) is 3.69. The lowest BCUT2D eigenvalue weighted by Crippen LogP contribution is -2.37. The van der Waals surface area contributed by atoms with E-state index in [1.54, 1.807) is 7.11 Å². The van der Waals surface area contributed by atoms with E-state index in [-0.39, 0.29) is 0 Å². The van der Waals surface area contributed by atoms with Crippen LogP contribution in [-0.2, 0) is 9.47 Å². The van der Waals surface area contributed by atoms with Crippen molar-refractivity contribution in [1.29, 1.82) is 0 Å². The maximum atomic E-state index is 5.56. The summed E-state index contributed by atoms with van der Waals surface area (Å²) in [5.74, 6) is 0.822. The van der Waals surface area contributed by atoms with Gasteiger partial charge in [0.05, 0.1) is 6.61 Å². The standard InChI is InChI=1S/C13H28N2O2/c1-15(7-10-17-9-4-8-16-2)12-13-5-3-6-14-11-13/h13-14H,3-12H2,1-2H3. The van der Waals surface area contributed by atoms with Gasteiger partial charge in [-0.15, -0.1) is 0 Å². The quantitative estimate of drug-likeness (QED) is 0.613. The summed E-state index contributed by atoms with van der Waals surface area (Å²) in [5.41, 5.74) is 0. The predicted octanol–water partition coefficient (Wildman–Crippen LogP) is 0.971. The van der Waals surface area contributed by atoms with Crippen molar-refractivity contribution in [1.82, 2.24) is 10.2 Å². The first kappa shape index (κ1) is 14.9. The minimum atomic E-state index is 0.795. The summed E-state index contributed by atoms with van der Waals surface area (Å²) in [6.45, 7) is 7.04. The number of hydrogen-bond donors (Lipinski definition) is 1. The second kappa shape index (κ2) is 9.83. The van der Waals surface area contributed by atoms with Crippen molar-refractivity contribution in [3.63, 3.8) is 0 Å². The van der Waals surface area contributed by atoms with Gasteiger partial charge < -0.3 is 19.7 Å². The van der Waals surface area contributed by atoms with E-state index in [2.05, 4.69) is 17.3 Å². The van der Waals surface area contributed by atoms with Crippen molar-refractivity contribution in [3.05, 3.63) is 0 Å². The number of hydrogen-bond acceptors (Lipinski definition) is 4. The lowest BCUT2D eigenvalue weighted by Gasteiger charge is -2.27. The largest absolute Gasteiger partial charge is 0.385 e. The zero-order valence-corrected chi connectivity index (χ0v) is 11.4. The van der Waals surface area contributed by atoms with Gasteiger partial charge in [0.25, 0.3) is 0 Å². The zero-order valence-electron chi connectivity index (χ0n) is 11.4. The Kier molecular flexibility index (Phi) is 8.61. The zero-order chi connectivity index (χ0) is 12.3. The third-order valence-corrected chi connectivity index (χ3v) is 3.22. The number of piperidine rings is 1. The van der Waals surface area contributed by atoms with Crippen LogP contribution in [0, 0.1) is 5.92 Å². The molecule has 0 bridgehead atoms. The van der Waals surface area contributed by atoms with Crippen molar-refractivity contribution >= 4 is 0 Å². The normalized spacial score (nSPS) is 21.0. The Morgan fingerprint density at radius 1 is 1.29 bits per heavy atom. The van der Waals surface area contributed by atoms with E-state index < -0.39 is 0 Å². The Balaban J connectivity index is 1.91. The van der Waals surface area contributed by atoms with Gasteiger partial charge >= 0.3 is 0 Å². The second-order valence-electron chi connectivity index (χ2n) is 4.93. The summed E-state index contributed by atoms with van der Waals surface area (Å²) in [7, 11) is 3.92. The highest BCUT2D eigenvalue weighted by Crippen LogP contribution is 2.10. The van der Waals surface area contributed by atoms with Gasteiger partial charge in [-0.25, -0.2) is 0 Å². The highest BCUT2D eigenvalue weighted by atomic mass is 16.5. The van der Waals surface area contributed by atoms with Crippen LogP contribution in [0.15, 0.2) is 0 Å². The molecule has 0 aliphatic carbocycles. The van der Waals surface area contributed by atoms with E-state index in [0.29, 0.717) is 0 Å². The number of rotatable bonds is 9. The molecule has 0 saturated carbocycles. The SMILES string of the molecule is COCCCOCCN(C)CC1CCCNC1. The lowest BCUT2D eigenvalue weighted by atomic mass is 9.99. The van der Waals surface area contributed by atoms with Gasteiger partial charge in [-0.3, -0.25) is 0 Å². The molecule has 4 heteroatoms. The highest BCUT2D eigenvalue weighted by Gasteiger charge is 2.14. The first-order valence-electron chi connectivity index (χ1n) is 6.79. The molecule has 1 N–H and O–H groups in total. The fraction of sp³-hybridized carbons (Fsp3) is 1.00. The van der Waals surface area contributed by atoms with E-state index in [9.17, 15) is 0 Å². The van der Waals surface area contributed by atoms with Gasteiger partial charge in [-0.05, 0) is 45.3 Å². The third kappa shape index (κ3) is 7.71. The molecule has 1 aliphatic rings. The van der Waals surface area contributed by atoms with Gasteiger partial charge in [0.1, 0.15) is 0 Å². The molecule has 4 nitrogen and oxygen atoms in total. The molecule has 0 aromatic carbocycles. The Hall–Kier alpha value is -0.160. The van der Waals surface area contributed by atoms with Gasteiger partial charge in [0, 0.05) is 33.4 Å². The molecule has 0 aromatic rings. The van der Waals surface area contributed by atoms with E-state index in [0.717, 1.165) is 38.7 Å². The Labute approximate surface area is 106 Å². The summed E-state index contributed by atoms with van der Waals surface area (Å²) in [4.78, 5) is 2.38. The predicted molar refractivity (Wildman–Crippen MR) is 70.4 cm³/mol. The van der Waals surface area contributed by atoms with Crippen LogP contribution in [0.2, 0.25) is 0 Å². The molecule has 1 fully saturated rings. The number of nitrogens with zero attached hydrogens (tertiary/aromatic N) is 1. The first-order valence-corrected chi connectivity index (χ1v) is 6.79. The summed E-state index contributed by atoms with van der Waals surface area (Å²) >= 11 is 0. The summed E-state index contributed by atoms with van der Waals surface area (Å²) in [6, 6.07) is 0. The van der Waals surface area contributed by atoms with Crippen LogP contribution in [-0.4, -0.2) is 65.1 Å². The molecule has 0 spiro atoms. The van der Waals surface area contributed by atoms with Crippen LogP contribution in [0.25, 0.3) is 0 Å². The molecular formula is C13H28N2O2. The number of methoxy groups -OCH3 is 1. The van der Waals surface area contributed by atoms with E-state index >= 15 is 0 Å². The van der Waals surface area contributed by atoms with Crippen molar-refractivity contribution in [2.24, 2.45) is 5.92 Å². The average molecular weight is 244 g/mol. The Morgan fingerprint density at radius 3 is 2.88 bits per heavy atom. The van der Waals surface area contributed by atoms with E-state index in [4.69, 9.17) is 9.47 Å². The van der Waals surface area contributed by atoms with Gasteiger partial charge in [-0.2, -0.15) is 0 Å². The highest BCUT2D eigenvalue weighted by molar-refractivity contribution is 4.71. The maximum Gasteiger partial charge on any atom is 0.0593 e. The van der Waals surface area contributed by atoms with Gasteiger partial charge in [0.2, 0.25) is 0 Å². The fourth-order valence-corrected chi connectivity index (χ4v) is 2.24. The van der Waals surface area contributed by atoms with Crippen LogP contribution < -0.4 is 5.32 Å². The minimum absolute atomic E-state index is 0.795. The molecular weight excluding hydrogens is 216 g/mol. The van der Waals surface area contributed by atoms with Crippen LogP contribution in [0.5, 0.6) is 0 Å². The van der Waals surface area contributed by atoms with Crippen LogP contribution in [0.3, 0.4) is 0 Å². The van der Waals surface area contributed by atoms with Crippen LogP contribution in [0.1, 0.15) is 19.3 Å². The Bertz CT molecular complexity index is 173. The van der Waals surface area contributed by atoms with Crippen molar-refractivity contribution in [2.45, 2.75) is 19.3 Å². The monoisotopic (exact) mass is 244 g/mol. The minimum Gasteiger partial charge on any atom is -0.385 e. The fourth-order valence-electron chi connectivity index (χ4n) is 2.24. The average Bonchev–Trinajstić information content (AvgIpc) is 2.35. The van der Waals surface area contributed by atoms with Crippen LogP contribution in [0.4, 0.5) is 0 Å². The summed E-state index contributed by atoms with van der Waals surface area (Å²) in [5, 5.41) is 3.46. The topological polar surface area (TPSA) is 33.7 Å². The molecule has 1 saturated heterocycles. The molecule has 0 amide bonds. The van der Waals surface area contributed by atoms with E-state index in [1.807, 2.05) is 0 Å². The molecule has 17 heavy (non-hydrogen) atoms. The van der Waals surface area contributed by atoms with Crippen molar-refractivity contribution < 1.29 is 9.47 Å². The number of nitrogens with one attached hydrogen (secondary N) is 1. The Morgan fingerprint density at radius 2 is 2.18 bits per heavy atom. The van der Waals surface area contributed by atoms with Gasteiger partial charge in [-0.1, -0.05) is 0 Å².